The van der Waals surface area contributed by atoms with Gasteiger partial charge < -0.3 is 4.57 Å². The SMILES string of the molecule is [C-]#[N+]c1ccc2c(c1)c1ccc3c4c1n2-c1cccc2c1B4c1c(cccc1C3(C)C)C2(C)C. The summed E-state index contributed by atoms with van der Waals surface area (Å²) in [4.78, 5) is 3.74. The minimum absolute atomic E-state index is 0.0631. The zero-order valence-electron chi connectivity index (χ0n) is 19.8. The van der Waals surface area contributed by atoms with E-state index in [1.165, 1.54) is 66.1 Å². The third-order valence-corrected chi connectivity index (χ3v) is 9.07. The van der Waals surface area contributed by atoms with Gasteiger partial charge in [0.25, 0.3) is 0 Å². The number of rotatable bonds is 0. The largest absolute Gasteiger partial charge is 0.310 e. The van der Waals surface area contributed by atoms with Gasteiger partial charge in [-0.2, -0.15) is 0 Å². The van der Waals surface area contributed by atoms with Gasteiger partial charge in [-0.1, -0.05) is 81.7 Å². The third kappa shape index (κ3) is 1.79. The number of hydrogen-bond donors (Lipinski definition) is 0. The predicted molar refractivity (Wildman–Crippen MR) is 142 cm³/mol. The van der Waals surface area contributed by atoms with Crippen LogP contribution in [0.4, 0.5) is 5.69 Å². The highest BCUT2D eigenvalue weighted by molar-refractivity contribution is 7.00. The standard InChI is InChI=1S/C31H23BN2/c1-30(2)20-8-6-9-21-26(20)32-27-22(30)10-7-11-25(27)34-24-15-12-17(33-5)16-19(24)18-13-14-23(31(21,3)4)28(32)29(18)34/h6-16H,1-4H3. The summed E-state index contributed by atoms with van der Waals surface area (Å²) in [6.07, 6.45) is 0. The molecule has 1 aromatic heterocycles. The van der Waals surface area contributed by atoms with E-state index in [4.69, 9.17) is 6.57 Å². The molecular weight excluding hydrogens is 411 g/mol. The lowest BCUT2D eigenvalue weighted by Crippen LogP contribution is -2.68. The van der Waals surface area contributed by atoms with Crippen LogP contribution in [0.2, 0.25) is 0 Å². The van der Waals surface area contributed by atoms with Gasteiger partial charge in [0.05, 0.1) is 12.1 Å². The van der Waals surface area contributed by atoms with Gasteiger partial charge in [-0.3, -0.25) is 0 Å². The lowest BCUT2D eigenvalue weighted by atomic mass is 9.26. The van der Waals surface area contributed by atoms with Crippen molar-refractivity contribution in [3.63, 3.8) is 0 Å². The van der Waals surface area contributed by atoms with E-state index in [0.29, 0.717) is 5.69 Å². The van der Waals surface area contributed by atoms with Gasteiger partial charge in [-0.25, -0.2) is 4.85 Å². The summed E-state index contributed by atoms with van der Waals surface area (Å²) in [7, 11) is 0. The number of aromatic nitrogens is 1. The Morgan fingerprint density at radius 1 is 0.706 bits per heavy atom. The summed E-state index contributed by atoms with van der Waals surface area (Å²) in [5, 5.41) is 2.44. The Bertz CT molecular complexity index is 1810. The highest BCUT2D eigenvalue weighted by Crippen LogP contribution is 2.45. The Hall–Kier alpha value is -3.77. The Morgan fingerprint density at radius 2 is 1.35 bits per heavy atom. The van der Waals surface area contributed by atoms with Gasteiger partial charge >= 0.3 is 0 Å². The van der Waals surface area contributed by atoms with E-state index in [9.17, 15) is 0 Å². The summed E-state index contributed by atoms with van der Waals surface area (Å²) < 4.78 is 2.50. The topological polar surface area (TPSA) is 9.29 Å². The monoisotopic (exact) mass is 434 g/mol. The van der Waals surface area contributed by atoms with E-state index >= 15 is 0 Å². The Morgan fingerprint density at radius 3 is 2.06 bits per heavy atom. The van der Waals surface area contributed by atoms with Gasteiger partial charge in [-0.15, -0.1) is 0 Å². The Balaban J connectivity index is 1.70. The van der Waals surface area contributed by atoms with Crippen molar-refractivity contribution >= 4 is 50.6 Å². The summed E-state index contributed by atoms with van der Waals surface area (Å²) in [5.41, 5.74) is 14.7. The molecule has 0 fully saturated rings. The number of nitrogens with zero attached hydrogens (tertiary/aromatic N) is 2. The fourth-order valence-corrected chi connectivity index (χ4v) is 7.56. The maximum atomic E-state index is 7.59. The van der Waals surface area contributed by atoms with Crippen LogP contribution < -0.4 is 16.4 Å². The fourth-order valence-electron chi connectivity index (χ4n) is 7.56. The molecule has 4 aromatic carbocycles. The number of hydrogen-bond acceptors (Lipinski definition) is 0. The fraction of sp³-hybridized carbons (Fsp3) is 0.194. The highest BCUT2D eigenvalue weighted by Gasteiger charge is 2.51. The smallest absolute Gasteiger partial charge is 0.248 e. The second kappa shape index (κ2) is 5.48. The zero-order chi connectivity index (χ0) is 23.1. The maximum absolute atomic E-state index is 7.59. The van der Waals surface area contributed by atoms with Gasteiger partial charge in [0, 0.05) is 27.4 Å². The average molecular weight is 434 g/mol. The number of fused-ring (bicyclic) bond motifs is 4. The summed E-state index contributed by atoms with van der Waals surface area (Å²) in [6, 6.07) is 24.7. The van der Waals surface area contributed by atoms with Crippen molar-refractivity contribution in [3.05, 3.63) is 100 Å². The van der Waals surface area contributed by atoms with Crippen LogP contribution in [0.1, 0.15) is 49.9 Å². The molecule has 0 saturated heterocycles. The minimum atomic E-state index is -0.0752. The zero-order valence-corrected chi connectivity index (χ0v) is 19.8. The van der Waals surface area contributed by atoms with E-state index in [-0.39, 0.29) is 17.5 Å². The van der Waals surface area contributed by atoms with Crippen molar-refractivity contribution in [1.29, 1.82) is 0 Å². The van der Waals surface area contributed by atoms with Crippen molar-refractivity contribution in [2.75, 3.05) is 0 Å². The summed E-state index contributed by atoms with van der Waals surface area (Å²) in [6.45, 7) is 17.4. The quantitative estimate of drug-likeness (QED) is 0.222. The highest BCUT2D eigenvalue weighted by atomic mass is 15.0. The van der Waals surface area contributed by atoms with Crippen LogP contribution >= 0.6 is 0 Å². The molecule has 3 heteroatoms. The third-order valence-electron chi connectivity index (χ3n) is 9.07. The van der Waals surface area contributed by atoms with E-state index in [1.54, 1.807) is 0 Å². The van der Waals surface area contributed by atoms with Crippen LogP contribution in [0.5, 0.6) is 0 Å². The molecule has 0 radical (unpaired) electrons. The van der Waals surface area contributed by atoms with Gasteiger partial charge in [0.2, 0.25) is 6.71 Å². The molecule has 3 aliphatic heterocycles. The van der Waals surface area contributed by atoms with E-state index < -0.39 is 0 Å². The van der Waals surface area contributed by atoms with Crippen LogP contribution in [0.3, 0.4) is 0 Å². The Kier molecular flexibility index (Phi) is 3.00. The first-order valence-corrected chi connectivity index (χ1v) is 12.1. The molecule has 3 aliphatic rings. The lowest BCUT2D eigenvalue weighted by molar-refractivity contribution is 0.621. The first-order valence-electron chi connectivity index (χ1n) is 12.1. The molecular formula is C31H23BN2. The summed E-state index contributed by atoms with van der Waals surface area (Å²) in [5.74, 6) is 0. The molecule has 2 nitrogen and oxygen atoms in total. The molecule has 8 rings (SSSR count). The van der Waals surface area contributed by atoms with Gasteiger partial charge in [0.15, 0.2) is 5.69 Å². The van der Waals surface area contributed by atoms with Gasteiger partial charge in [0.1, 0.15) is 0 Å². The predicted octanol–water partition coefficient (Wildman–Crippen LogP) is 5.44. The molecule has 34 heavy (non-hydrogen) atoms. The molecule has 0 saturated carbocycles. The molecule has 0 N–H and O–H groups in total. The van der Waals surface area contributed by atoms with E-state index in [1.807, 2.05) is 6.07 Å². The molecule has 0 aliphatic carbocycles. The van der Waals surface area contributed by atoms with Crippen molar-refractivity contribution in [3.8, 4) is 5.69 Å². The van der Waals surface area contributed by atoms with Crippen molar-refractivity contribution in [1.82, 2.24) is 4.57 Å². The summed E-state index contributed by atoms with van der Waals surface area (Å²) >= 11 is 0. The van der Waals surface area contributed by atoms with Crippen LogP contribution in [0, 0.1) is 6.57 Å². The molecule has 0 spiro atoms. The maximum Gasteiger partial charge on any atom is 0.248 e. The first kappa shape index (κ1) is 18.6. The molecule has 5 aromatic rings. The normalized spacial score (nSPS) is 17.2. The molecule has 4 heterocycles. The van der Waals surface area contributed by atoms with Crippen LogP contribution in [0.25, 0.3) is 32.3 Å². The van der Waals surface area contributed by atoms with Gasteiger partial charge in [-0.05, 0) is 56.8 Å². The molecule has 0 bridgehead atoms. The lowest BCUT2D eigenvalue weighted by Gasteiger charge is -2.48. The minimum Gasteiger partial charge on any atom is -0.310 e. The first-order chi connectivity index (χ1) is 16.4. The van der Waals surface area contributed by atoms with Crippen molar-refractivity contribution in [2.24, 2.45) is 0 Å². The second-order valence-corrected chi connectivity index (χ2v) is 11.3. The van der Waals surface area contributed by atoms with Crippen LogP contribution in [0.15, 0.2) is 66.7 Å². The number of benzene rings is 4. The Labute approximate surface area is 199 Å². The van der Waals surface area contributed by atoms with Crippen molar-refractivity contribution < 1.29 is 0 Å². The van der Waals surface area contributed by atoms with E-state index in [2.05, 4.69) is 97.8 Å². The van der Waals surface area contributed by atoms with Crippen molar-refractivity contribution in [2.45, 2.75) is 38.5 Å². The molecule has 0 atom stereocenters. The molecule has 0 unspecified atom stereocenters. The molecule has 160 valence electrons. The van der Waals surface area contributed by atoms with E-state index in [0.717, 1.165) is 0 Å². The second-order valence-electron chi connectivity index (χ2n) is 11.3. The van der Waals surface area contributed by atoms with Crippen LogP contribution in [-0.2, 0) is 10.8 Å². The van der Waals surface area contributed by atoms with Crippen LogP contribution in [-0.4, -0.2) is 11.3 Å². The molecule has 0 amide bonds. The average Bonchev–Trinajstić information content (AvgIpc) is 3.17.